The van der Waals surface area contributed by atoms with Crippen molar-refractivity contribution < 1.29 is 9.15 Å². The largest absolute Gasteiger partial charge is 0.459 e. The number of hydrogen-bond acceptors (Lipinski definition) is 3. The average molecular weight is 259 g/mol. The maximum atomic E-state index is 5.94. The Hall–Kier alpha value is -1.58. The minimum Gasteiger partial charge on any atom is -0.459 e. The van der Waals surface area contributed by atoms with E-state index < -0.39 is 0 Å². The molecule has 3 nitrogen and oxygen atoms in total. The summed E-state index contributed by atoms with van der Waals surface area (Å²) in [5.74, 6) is 1.88. The summed E-state index contributed by atoms with van der Waals surface area (Å²) in [5.41, 5.74) is 2.40. The Labute approximate surface area is 114 Å². The first-order valence-corrected chi connectivity index (χ1v) is 6.60. The van der Waals surface area contributed by atoms with Gasteiger partial charge in [0.25, 0.3) is 0 Å². The molecule has 0 aliphatic heterocycles. The molecule has 2 rings (SSSR count). The van der Waals surface area contributed by atoms with Crippen molar-refractivity contribution >= 4 is 0 Å². The molecule has 0 bridgehead atoms. The molecule has 1 aromatic heterocycles. The molecule has 1 aromatic carbocycles. The van der Waals surface area contributed by atoms with Gasteiger partial charge in [-0.2, -0.15) is 0 Å². The van der Waals surface area contributed by atoms with Crippen molar-refractivity contribution in [1.29, 1.82) is 0 Å². The molecule has 0 amide bonds. The van der Waals surface area contributed by atoms with Crippen LogP contribution in [0.2, 0.25) is 0 Å². The van der Waals surface area contributed by atoms with Crippen molar-refractivity contribution in [3.05, 3.63) is 47.7 Å². The molecule has 3 heteroatoms. The molecule has 19 heavy (non-hydrogen) atoms. The van der Waals surface area contributed by atoms with Crippen LogP contribution in [0.25, 0.3) is 11.3 Å². The maximum Gasteiger partial charge on any atom is 0.134 e. The monoisotopic (exact) mass is 259 g/mol. The van der Waals surface area contributed by atoms with Crippen molar-refractivity contribution in [2.45, 2.75) is 19.4 Å². The van der Waals surface area contributed by atoms with Crippen LogP contribution in [0.1, 0.15) is 24.3 Å². The fraction of sp³-hybridized carbons (Fsp3) is 0.375. The summed E-state index contributed by atoms with van der Waals surface area (Å²) in [6, 6.07) is 12.6. The minimum atomic E-state index is 0.222. The van der Waals surface area contributed by atoms with Crippen molar-refractivity contribution in [1.82, 2.24) is 5.32 Å². The Bertz CT molecular complexity index is 519. The van der Waals surface area contributed by atoms with Crippen LogP contribution >= 0.6 is 0 Å². The first-order chi connectivity index (χ1) is 9.26. The zero-order chi connectivity index (χ0) is 13.7. The van der Waals surface area contributed by atoms with Gasteiger partial charge < -0.3 is 14.5 Å². The Balaban J connectivity index is 2.28. The van der Waals surface area contributed by atoms with E-state index in [4.69, 9.17) is 9.15 Å². The number of rotatable bonds is 6. The second-order valence-electron chi connectivity index (χ2n) is 4.61. The fourth-order valence-corrected chi connectivity index (χ4v) is 2.06. The van der Waals surface area contributed by atoms with Crippen LogP contribution in [-0.4, -0.2) is 20.8 Å². The predicted octanol–water partition coefficient (Wildman–Crippen LogP) is 3.42. The lowest BCUT2D eigenvalue weighted by atomic mass is 10.0. The number of methoxy groups -OCH3 is 1. The average Bonchev–Trinajstić information content (AvgIpc) is 2.94. The van der Waals surface area contributed by atoms with E-state index in [9.17, 15) is 0 Å². The van der Waals surface area contributed by atoms with Gasteiger partial charge in [0.05, 0.1) is 12.6 Å². The van der Waals surface area contributed by atoms with Gasteiger partial charge in [0, 0.05) is 12.7 Å². The molecule has 2 aromatic rings. The van der Waals surface area contributed by atoms with Crippen LogP contribution in [-0.2, 0) is 11.2 Å². The molecular formula is C16H21NO2. The molecule has 0 saturated carbocycles. The van der Waals surface area contributed by atoms with Crippen molar-refractivity contribution in [3.8, 4) is 11.3 Å². The molecule has 0 spiro atoms. The molecule has 1 unspecified atom stereocenters. The van der Waals surface area contributed by atoms with Gasteiger partial charge in [0.15, 0.2) is 0 Å². The van der Waals surface area contributed by atoms with Crippen molar-refractivity contribution in [3.63, 3.8) is 0 Å². The number of ether oxygens (including phenoxy) is 1. The number of benzene rings is 1. The zero-order valence-electron chi connectivity index (χ0n) is 11.8. The van der Waals surface area contributed by atoms with E-state index in [1.807, 2.05) is 25.2 Å². The van der Waals surface area contributed by atoms with E-state index in [0.29, 0.717) is 0 Å². The summed E-state index contributed by atoms with van der Waals surface area (Å²) in [5, 5.41) is 3.18. The maximum absolute atomic E-state index is 5.94. The zero-order valence-corrected chi connectivity index (χ0v) is 11.8. The van der Waals surface area contributed by atoms with Crippen LogP contribution in [0.15, 0.2) is 40.8 Å². The quantitative estimate of drug-likeness (QED) is 0.863. The number of furan rings is 1. The second kappa shape index (κ2) is 6.55. The van der Waals surface area contributed by atoms with E-state index in [1.165, 1.54) is 5.56 Å². The first kappa shape index (κ1) is 13.8. The van der Waals surface area contributed by atoms with Crippen LogP contribution in [0.4, 0.5) is 0 Å². The van der Waals surface area contributed by atoms with Gasteiger partial charge in [-0.25, -0.2) is 0 Å². The Morgan fingerprint density at radius 3 is 2.74 bits per heavy atom. The third kappa shape index (κ3) is 3.25. The highest BCUT2D eigenvalue weighted by molar-refractivity contribution is 5.62. The Kier molecular flexibility index (Phi) is 4.77. The summed E-state index contributed by atoms with van der Waals surface area (Å²) in [4.78, 5) is 0. The van der Waals surface area contributed by atoms with Crippen molar-refractivity contribution in [2.24, 2.45) is 0 Å². The van der Waals surface area contributed by atoms with E-state index in [0.717, 1.165) is 30.1 Å². The van der Waals surface area contributed by atoms with Crippen LogP contribution < -0.4 is 5.32 Å². The Morgan fingerprint density at radius 1 is 1.21 bits per heavy atom. The van der Waals surface area contributed by atoms with Gasteiger partial charge in [-0.15, -0.1) is 0 Å². The van der Waals surface area contributed by atoms with Gasteiger partial charge in [0.1, 0.15) is 11.5 Å². The van der Waals surface area contributed by atoms with E-state index >= 15 is 0 Å². The molecule has 0 fully saturated rings. The lowest BCUT2D eigenvalue weighted by Gasteiger charge is -2.08. The van der Waals surface area contributed by atoms with E-state index in [2.05, 4.69) is 30.4 Å². The molecule has 1 atom stereocenters. The van der Waals surface area contributed by atoms with Gasteiger partial charge in [0.2, 0.25) is 0 Å². The summed E-state index contributed by atoms with van der Waals surface area (Å²) >= 11 is 0. The van der Waals surface area contributed by atoms with Crippen LogP contribution in [0, 0.1) is 0 Å². The summed E-state index contributed by atoms with van der Waals surface area (Å²) < 4.78 is 11.1. The minimum absolute atomic E-state index is 0.222. The standard InChI is InChI=1S/C16H21NO2/c1-12(17-2)15-8-9-16(19-15)14-7-5-4-6-13(14)10-11-18-3/h4-9,12,17H,10-11H2,1-3H3. The highest BCUT2D eigenvalue weighted by atomic mass is 16.5. The van der Waals surface area contributed by atoms with E-state index in [-0.39, 0.29) is 6.04 Å². The molecule has 0 aliphatic rings. The lowest BCUT2D eigenvalue weighted by molar-refractivity contribution is 0.202. The predicted molar refractivity (Wildman–Crippen MR) is 77.2 cm³/mol. The fourth-order valence-electron chi connectivity index (χ4n) is 2.06. The number of nitrogens with one attached hydrogen (secondary N) is 1. The van der Waals surface area contributed by atoms with Gasteiger partial charge >= 0.3 is 0 Å². The van der Waals surface area contributed by atoms with Crippen LogP contribution in [0.3, 0.4) is 0 Å². The third-order valence-electron chi connectivity index (χ3n) is 3.34. The summed E-state index contributed by atoms with van der Waals surface area (Å²) in [6.45, 7) is 2.80. The second-order valence-corrected chi connectivity index (χ2v) is 4.61. The third-order valence-corrected chi connectivity index (χ3v) is 3.34. The van der Waals surface area contributed by atoms with Gasteiger partial charge in [-0.1, -0.05) is 24.3 Å². The molecule has 102 valence electrons. The Morgan fingerprint density at radius 2 is 2.00 bits per heavy atom. The van der Waals surface area contributed by atoms with Gasteiger partial charge in [-0.3, -0.25) is 0 Å². The molecule has 1 heterocycles. The topological polar surface area (TPSA) is 34.4 Å². The molecule has 0 aliphatic carbocycles. The normalized spacial score (nSPS) is 12.6. The molecular weight excluding hydrogens is 238 g/mol. The lowest BCUT2D eigenvalue weighted by Crippen LogP contribution is -2.11. The molecule has 0 radical (unpaired) electrons. The van der Waals surface area contributed by atoms with E-state index in [1.54, 1.807) is 7.11 Å². The first-order valence-electron chi connectivity index (χ1n) is 6.60. The molecule has 0 saturated heterocycles. The SMILES string of the molecule is CNC(C)c1ccc(-c2ccccc2CCOC)o1. The summed E-state index contributed by atoms with van der Waals surface area (Å²) in [6.07, 6.45) is 0.893. The number of hydrogen-bond donors (Lipinski definition) is 1. The van der Waals surface area contributed by atoms with Crippen molar-refractivity contribution in [2.75, 3.05) is 20.8 Å². The highest BCUT2D eigenvalue weighted by Gasteiger charge is 2.12. The summed E-state index contributed by atoms with van der Waals surface area (Å²) in [7, 11) is 3.65. The highest BCUT2D eigenvalue weighted by Crippen LogP contribution is 2.28. The van der Waals surface area contributed by atoms with Crippen LogP contribution in [0.5, 0.6) is 0 Å². The molecule has 1 N–H and O–H groups in total. The van der Waals surface area contributed by atoms with Gasteiger partial charge in [-0.05, 0) is 38.1 Å². The smallest absolute Gasteiger partial charge is 0.134 e.